The van der Waals surface area contributed by atoms with E-state index in [-0.39, 0.29) is 17.4 Å². The average molecular weight is 337 g/mol. The van der Waals surface area contributed by atoms with Gasteiger partial charge in [-0.3, -0.25) is 19.9 Å². The lowest BCUT2D eigenvalue weighted by atomic mass is 10.1. The third kappa shape index (κ3) is 3.69. The minimum atomic E-state index is -0.531. The maximum absolute atomic E-state index is 12.3. The van der Waals surface area contributed by atoms with Crippen LogP contribution in [0.5, 0.6) is 0 Å². The lowest BCUT2D eigenvalue weighted by molar-refractivity contribution is 0.101. The fraction of sp³-hybridized carbons (Fsp3) is 0.118. The lowest BCUT2D eigenvalue weighted by Crippen LogP contribution is -2.15. The minimum Gasteiger partial charge on any atom is -0.431 e. The van der Waals surface area contributed by atoms with Crippen molar-refractivity contribution in [3.05, 3.63) is 65.6 Å². The predicted molar refractivity (Wildman–Crippen MR) is 90.4 cm³/mol. The molecule has 2 amide bonds. The summed E-state index contributed by atoms with van der Waals surface area (Å²) in [5.41, 5.74) is 2.89. The number of carbonyl (C=O) groups excluding carboxylic acids is 2. The Kier molecular flexibility index (Phi) is 4.51. The van der Waals surface area contributed by atoms with Crippen molar-refractivity contribution in [1.82, 2.24) is 15.0 Å². The largest absolute Gasteiger partial charge is 0.431 e. The van der Waals surface area contributed by atoms with Crippen LogP contribution in [0.25, 0.3) is 0 Å². The first kappa shape index (κ1) is 16.3. The molecule has 8 heteroatoms. The van der Waals surface area contributed by atoms with Gasteiger partial charge >= 0.3 is 6.01 Å². The molecular formula is C17H15N5O3. The zero-order valence-corrected chi connectivity index (χ0v) is 13.6. The number of hydrogen-bond donors (Lipinski definition) is 2. The van der Waals surface area contributed by atoms with Gasteiger partial charge in [-0.05, 0) is 31.0 Å². The number of nitrogens with zero attached hydrogens (tertiary/aromatic N) is 3. The van der Waals surface area contributed by atoms with Crippen molar-refractivity contribution in [1.29, 1.82) is 0 Å². The van der Waals surface area contributed by atoms with Gasteiger partial charge in [0.2, 0.25) is 0 Å². The highest BCUT2D eigenvalue weighted by Gasteiger charge is 2.16. The van der Waals surface area contributed by atoms with Crippen molar-refractivity contribution >= 4 is 23.5 Å². The Morgan fingerprint density at radius 1 is 1.04 bits per heavy atom. The third-order valence-electron chi connectivity index (χ3n) is 3.61. The summed E-state index contributed by atoms with van der Waals surface area (Å²) in [5, 5.41) is 5.19. The van der Waals surface area contributed by atoms with E-state index in [1.54, 1.807) is 6.07 Å². The van der Waals surface area contributed by atoms with E-state index in [2.05, 4.69) is 25.6 Å². The van der Waals surface area contributed by atoms with Crippen LogP contribution >= 0.6 is 0 Å². The molecule has 0 saturated carbocycles. The van der Waals surface area contributed by atoms with E-state index in [9.17, 15) is 9.59 Å². The number of anilines is 2. The van der Waals surface area contributed by atoms with Gasteiger partial charge < -0.3 is 9.73 Å². The Hall–Kier alpha value is -3.55. The van der Waals surface area contributed by atoms with Crippen LogP contribution < -0.4 is 10.6 Å². The second kappa shape index (κ2) is 6.91. The van der Waals surface area contributed by atoms with E-state index in [0.717, 1.165) is 11.1 Å². The molecule has 126 valence electrons. The molecule has 2 aromatic heterocycles. The predicted octanol–water partition coefficient (Wildman–Crippen LogP) is 2.59. The van der Waals surface area contributed by atoms with Crippen molar-refractivity contribution < 1.29 is 14.0 Å². The monoisotopic (exact) mass is 337 g/mol. The maximum Gasteiger partial charge on any atom is 0.302 e. The van der Waals surface area contributed by atoms with Gasteiger partial charge in [0.05, 0.1) is 6.20 Å². The number of hydrogen-bond acceptors (Lipinski definition) is 6. The molecule has 0 unspecified atom stereocenters. The van der Waals surface area contributed by atoms with Crippen LogP contribution in [0.3, 0.4) is 0 Å². The second-order valence-electron chi connectivity index (χ2n) is 5.28. The number of oxazole rings is 1. The Morgan fingerprint density at radius 3 is 2.60 bits per heavy atom. The molecule has 0 aliphatic heterocycles. The lowest BCUT2D eigenvalue weighted by Gasteiger charge is -2.08. The number of aromatic nitrogens is 3. The first-order chi connectivity index (χ1) is 12.0. The van der Waals surface area contributed by atoms with Gasteiger partial charge in [0.1, 0.15) is 12.0 Å². The van der Waals surface area contributed by atoms with Crippen LogP contribution in [0.2, 0.25) is 0 Å². The average Bonchev–Trinajstić information content (AvgIpc) is 3.08. The van der Waals surface area contributed by atoms with E-state index in [4.69, 9.17) is 4.42 Å². The summed E-state index contributed by atoms with van der Waals surface area (Å²) in [6.45, 7) is 3.88. The second-order valence-corrected chi connectivity index (χ2v) is 5.28. The number of nitrogens with one attached hydrogen (secondary N) is 2. The van der Waals surface area contributed by atoms with Gasteiger partial charge in [0, 0.05) is 18.1 Å². The fourth-order valence-electron chi connectivity index (χ4n) is 2.09. The Labute approximate surface area is 143 Å². The molecule has 3 aromatic rings. The summed E-state index contributed by atoms with van der Waals surface area (Å²) < 4.78 is 5.12. The number of carbonyl (C=O) groups is 2. The van der Waals surface area contributed by atoms with Crippen molar-refractivity contribution in [2.24, 2.45) is 0 Å². The van der Waals surface area contributed by atoms with Gasteiger partial charge in [-0.1, -0.05) is 12.1 Å². The molecule has 0 saturated heterocycles. The highest BCUT2D eigenvalue weighted by Crippen LogP contribution is 2.19. The summed E-state index contributed by atoms with van der Waals surface area (Å²) in [6, 6.07) is 5.52. The van der Waals surface area contributed by atoms with Crippen molar-refractivity contribution in [2.45, 2.75) is 13.8 Å². The molecule has 2 heterocycles. The molecule has 0 radical (unpaired) electrons. The van der Waals surface area contributed by atoms with Crippen LogP contribution in [-0.2, 0) is 0 Å². The zero-order valence-electron chi connectivity index (χ0n) is 13.6. The summed E-state index contributed by atoms with van der Waals surface area (Å²) in [7, 11) is 0. The number of amides is 2. The standard InChI is InChI=1S/C17H15N5O3/c1-10-4-3-5-12(11(10)2)20-16(24)14-9-25-17(21-14)22-15(23)13-8-18-6-7-19-13/h3-9H,1-2H3,(H,20,24)(H,21,22,23). The van der Waals surface area contributed by atoms with Crippen LogP contribution in [0.4, 0.5) is 11.7 Å². The van der Waals surface area contributed by atoms with Crippen molar-refractivity contribution in [3.63, 3.8) is 0 Å². The normalized spacial score (nSPS) is 10.3. The molecule has 0 atom stereocenters. The highest BCUT2D eigenvalue weighted by molar-refractivity contribution is 6.04. The van der Waals surface area contributed by atoms with Gasteiger partial charge in [-0.2, -0.15) is 4.98 Å². The third-order valence-corrected chi connectivity index (χ3v) is 3.61. The van der Waals surface area contributed by atoms with E-state index in [1.165, 1.54) is 24.9 Å². The van der Waals surface area contributed by atoms with Crippen LogP contribution in [0.15, 0.2) is 47.5 Å². The highest BCUT2D eigenvalue weighted by atomic mass is 16.4. The van der Waals surface area contributed by atoms with Crippen LogP contribution in [0.1, 0.15) is 32.1 Å². The number of benzene rings is 1. The molecule has 1 aromatic carbocycles. The van der Waals surface area contributed by atoms with Gasteiger partial charge in [-0.25, -0.2) is 4.98 Å². The molecule has 8 nitrogen and oxygen atoms in total. The SMILES string of the molecule is Cc1cccc(NC(=O)c2coc(NC(=O)c3cnccn3)n2)c1C. The molecule has 3 rings (SSSR count). The molecular weight excluding hydrogens is 322 g/mol. The van der Waals surface area contributed by atoms with Gasteiger partial charge in [0.15, 0.2) is 5.69 Å². The zero-order chi connectivity index (χ0) is 17.8. The number of aryl methyl sites for hydroxylation is 1. The molecule has 2 N–H and O–H groups in total. The van der Waals surface area contributed by atoms with Crippen LogP contribution in [0, 0.1) is 13.8 Å². The smallest absolute Gasteiger partial charge is 0.302 e. The maximum atomic E-state index is 12.3. The molecule has 25 heavy (non-hydrogen) atoms. The fourth-order valence-corrected chi connectivity index (χ4v) is 2.09. The first-order valence-corrected chi connectivity index (χ1v) is 7.45. The first-order valence-electron chi connectivity index (χ1n) is 7.45. The summed E-state index contributed by atoms with van der Waals surface area (Å²) >= 11 is 0. The van der Waals surface area contributed by atoms with Crippen LogP contribution in [-0.4, -0.2) is 26.8 Å². The summed E-state index contributed by atoms with van der Waals surface area (Å²) in [4.78, 5) is 35.9. The quantitative estimate of drug-likeness (QED) is 0.757. The molecule has 0 bridgehead atoms. The Balaban J connectivity index is 1.69. The van der Waals surface area contributed by atoms with Gasteiger partial charge in [0.25, 0.3) is 11.8 Å². The summed E-state index contributed by atoms with van der Waals surface area (Å²) in [5.74, 6) is -0.964. The van der Waals surface area contributed by atoms with Crippen molar-refractivity contribution in [3.8, 4) is 0 Å². The molecule has 0 aliphatic rings. The molecule has 0 fully saturated rings. The van der Waals surface area contributed by atoms with Gasteiger partial charge in [-0.15, -0.1) is 0 Å². The van der Waals surface area contributed by atoms with E-state index in [1.807, 2.05) is 26.0 Å². The van der Waals surface area contributed by atoms with E-state index in [0.29, 0.717) is 5.69 Å². The molecule has 0 spiro atoms. The van der Waals surface area contributed by atoms with Crippen molar-refractivity contribution in [2.75, 3.05) is 10.6 Å². The summed E-state index contributed by atoms with van der Waals surface area (Å²) in [6.07, 6.45) is 5.34. The van der Waals surface area contributed by atoms with E-state index >= 15 is 0 Å². The molecule has 0 aliphatic carbocycles. The van der Waals surface area contributed by atoms with E-state index < -0.39 is 11.8 Å². The number of rotatable bonds is 4. The Morgan fingerprint density at radius 2 is 1.84 bits per heavy atom. The Bertz CT molecular complexity index is 921. The topological polar surface area (TPSA) is 110 Å². The minimum absolute atomic E-state index is 0.0513.